The molecule has 1 unspecified atom stereocenters. The number of aromatic nitrogens is 5. The molecule has 1 aliphatic heterocycles. The summed E-state index contributed by atoms with van der Waals surface area (Å²) in [7, 11) is 3.29. The van der Waals surface area contributed by atoms with E-state index < -0.39 is 12.2 Å². The molecule has 2 N–H and O–H groups in total. The van der Waals surface area contributed by atoms with Gasteiger partial charge in [0.2, 0.25) is 0 Å². The van der Waals surface area contributed by atoms with E-state index in [-0.39, 0.29) is 11.9 Å². The highest BCUT2D eigenvalue weighted by atomic mass is 16.5. The lowest BCUT2D eigenvalue weighted by Gasteiger charge is -2.30. The first-order valence-electron chi connectivity index (χ1n) is 16.9. The van der Waals surface area contributed by atoms with Gasteiger partial charge in [0, 0.05) is 32.4 Å². The third-order valence-electron chi connectivity index (χ3n) is 9.05. The highest BCUT2D eigenvalue weighted by Gasteiger charge is 2.26. The van der Waals surface area contributed by atoms with E-state index in [1.807, 2.05) is 60.7 Å². The second-order valence-electron chi connectivity index (χ2n) is 12.4. The molecule has 262 valence electrons. The van der Waals surface area contributed by atoms with Crippen molar-refractivity contribution in [1.29, 1.82) is 0 Å². The van der Waals surface area contributed by atoms with E-state index in [4.69, 9.17) is 24.2 Å². The molecule has 1 saturated heterocycles. The molecule has 1 amide bonds. The maximum Gasteiger partial charge on any atom is 0.407 e. The minimum atomic E-state index is -1.13. The largest absolute Gasteiger partial charge is 0.497 e. The SMILES string of the molecule is CCCCOc1nc(N(Cc2ccc(OC)cc2)Cc2ccc(OC)cc2)c2ncc(C(O)c3ccc(C4CCN(C(=O)O)CC4)cn3)n2n1. The molecule has 1 atom stereocenters. The molecule has 0 aliphatic carbocycles. The van der Waals surface area contributed by atoms with Crippen LogP contribution in [0.1, 0.15) is 72.7 Å². The second kappa shape index (κ2) is 15.9. The van der Waals surface area contributed by atoms with Gasteiger partial charge in [-0.15, -0.1) is 5.10 Å². The number of methoxy groups -OCH3 is 2. The number of amides is 1. The number of likely N-dealkylation sites (tertiary alicyclic amines) is 1. The van der Waals surface area contributed by atoms with Crippen molar-refractivity contribution < 1.29 is 29.2 Å². The number of pyridine rings is 1. The Bertz CT molecular complexity index is 1810. The molecule has 6 rings (SSSR count). The molecule has 1 aliphatic rings. The van der Waals surface area contributed by atoms with Gasteiger partial charge in [0.15, 0.2) is 11.5 Å². The topological polar surface area (TPSA) is 148 Å². The fourth-order valence-electron chi connectivity index (χ4n) is 6.12. The number of aliphatic hydroxyl groups excluding tert-OH is 1. The van der Waals surface area contributed by atoms with Gasteiger partial charge in [0.05, 0.1) is 38.4 Å². The number of carboxylic acid groups (broad SMARTS) is 1. The Kier molecular flexibility index (Phi) is 10.9. The maximum atomic E-state index is 11.6. The zero-order valence-corrected chi connectivity index (χ0v) is 28.6. The van der Waals surface area contributed by atoms with E-state index >= 15 is 0 Å². The van der Waals surface area contributed by atoms with Crippen LogP contribution in [0.15, 0.2) is 73.1 Å². The van der Waals surface area contributed by atoms with Gasteiger partial charge < -0.3 is 34.2 Å². The molecule has 50 heavy (non-hydrogen) atoms. The minimum Gasteiger partial charge on any atom is -0.497 e. The number of anilines is 1. The van der Waals surface area contributed by atoms with Crippen molar-refractivity contribution >= 4 is 17.6 Å². The minimum absolute atomic E-state index is 0.179. The molecule has 4 heterocycles. The number of ether oxygens (including phenoxy) is 3. The number of benzene rings is 2. The number of fused-ring (bicyclic) bond motifs is 1. The van der Waals surface area contributed by atoms with Crippen LogP contribution in [-0.2, 0) is 13.1 Å². The Balaban J connectivity index is 1.34. The molecule has 5 aromatic rings. The number of unbranched alkanes of at least 4 members (excludes halogenated alkanes) is 1. The molecular formula is C37H43N7O6. The highest BCUT2D eigenvalue weighted by Crippen LogP contribution is 2.31. The summed E-state index contributed by atoms with van der Waals surface area (Å²) in [5.74, 6) is 2.29. The molecule has 13 heteroatoms. The third kappa shape index (κ3) is 7.89. The molecule has 1 fully saturated rings. The molecule has 13 nitrogen and oxygen atoms in total. The fraction of sp³-hybridized carbons (Fsp3) is 0.378. The van der Waals surface area contributed by atoms with Gasteiger partial charge in [-0.2, -0.15) is 4.98 Å². The van der Waals surface area contributed by atoms with Gasteiger partial charge in [-0.25, -0.2) is 14.3 Å². The van der Waals surface area contributed by atoms with E-state index in [9.17, 15) is 15.0 Å². The highest BCUT2D eigenvalue weighted by molar-refractivity contribution is 5.66. The number of rotatable bonds is 14. The zero-order chi connectivity index (χ0) is 35.0. The van der Waals surface area contributed by atoms with Crippen molar-refractivity contribution in [3.63, 3.8) is 0 Å². The van der Waals surface area contributed by atoms with E-state index in [1.165, 1.54) is 4.90 Å². The molecule has 0 bridgehead atoms. The van der Waals surface area contributed by atoms with Crippen molar-refractivity contribution in [2.75, 3.05) is 38.8 Å². The Morgan fingerprint density at radius 1 is 0.920 bits per heavy atom. The third-order valence-corrected chi connectivity index (χ3v) is 9.05. The monoisotopic (exact) mass is 681 g/mol. The van der Waals surface area contributed by atoms with Crippen molar-refractivity contribution in [2.45, 2.75) is 57.7 Å². The summed E-state index contributed by atoms with van der Waals surface area (Å²) in [4.78, 5) is 29.1. The van der Waals surface area contributed by atoms with Gasteiger partial charge >= 0.3 is 12.1 Å². The predicted molar refractivity (Wildman–Crippen MR) is 187 cm³/mol. The van der Waals surface area contributed by atoms with Gasteiger partial charge in [0.1, 0.15) is 17.6 Å². The smallest absolute Gasteiger partial charge is 0.407 e. The second-order valence-corrected chi connectivity index (χ2v) is 12.4. The molecule has 2 aromatic carbocycles. The maximum absolute atomic E-state index is 11.6. The summed E-state index contributed by atoms with van der Waals surface area (Å²) in [6.07, 6.45) is 4.60. The number of imidazole rings is 1. The number of hydrogen-bond acceptors (Lipinski definition) is 10. The average molecular weight is 682 g/mol. The van der Waals surface area contributed by atoms with Crippen molar-refractivity contribution in [1.82, 2.24) is 29.5 Å². The van der Waals surface area contributed by atoms with Crippen LogP contribution in [0.5, 0.6) is 17.5 Å². The van der Waals surface area contributed by atoms with Crippen LogP contribution in [0.2, 0.25) is 0 Å². The van der Waals surface area contributed by atoms with E-state index in [2.05, 4.69) is 21.9 Å². The summed E-state index contributed by atoms with van der Waals surface area (Å²) in [5, 5.41) is 25.6. The summed E-state index contributed by atoms with van der Waals surface area (Å²) < 4.78 is 18.4. The van der Waals surface area contributed by atoms with E-state index in [1.54, 1.807) is 31.1 Å². The van der Waals surface area contributed by atoms with Crippen LogP contribution in [-0.4, -0.2) is 79.7 Å². The van der Waals surface area contributed by atoms with Crippen molar-refractivity contribution in [2.24, 2.45) is 0 Å². The predicted octanol–water partition coefficient (Wildman–Crippen LogP) is 5.86. The molecule has 0 spiro atoms. The molecule has 0 radical (unpaired) electrons. The lowest BCUT2D eigenvalue weighted by Crippen LogP contribution is -2.36. The van der Waals surface area contributed by atoms with Gasteiger partial charge in [-0.3, -0.25) is 4.98 Å². The number of piperidine rings is 1. The number of aliphatic hydroxyl groups is 1. The standard InChI is InChI=1S/C37H43N7O6/c1-4-5-20-50-36-40-35(43(23-25-6-11-29(48-2)12-7-25)24-26-8-13-30(49-3)14-9-26)34-39-22-32(44(34)41-36)33(45)31-15-10-28(21-38-31)27-16-18-42(19-17-27)37(46)47/h6-15,21-22,27,33,45H,4-5,16-20,23-24H2,1-3H3,(H,46,47). The first-order valence-corrected chi connectivity index (χ1v) is 16.9. The zero-order valence-electron chi connectivity index (χ0n) is 28.6. The Labute approximate surface area is 291 Å². The molecule has 3 aromatic heterocycles. The van der Waals surface area contributed by atoms with Crippen LogP contribution >= 0.6 is 0 Å². The normalized spacial score (nSPS) is 14.0. The fourth-order valence-corrected chi connectivity index (χ4v) is 6.12. The number of carbonyl (C=O) groups is 1. The van der Waals surface area contributed by atoms with Gasteiger partial charge in [-0.05, 0) is 72.2 Å². The van der Waals surface area contributed by atoms with Crippen molar-refractivity contribution in [3.05, 3.63) is 101 Å². The van der Waals surface area contributed by atoms with Crippen LogP contribution in [0.3, 0.4) is 0 Å². The lowest BCUT2D eigenvalue weighted by atomic mass is 9.90. The molecular weight excluding hydrogens is 638 g/mol. The van der Waals surface area contributed by atoms with E-state index in [0.29, 0.717) is 55.6 Å². The van der Waals surface area contributed by atoms with Crippen LogP contribution < -0.4 is 19.1 Å². The van der Waals surface area contributed by atoms with Crippen LogP contribution in [0, 0.1) is 0 Å². The quantitative estimate of drug-likeness (QED) is 0.136. The Morgan fingerprint density at radius 2 is 1.56 bits per heavy atom. The first-order chi connectivity index (χ1) is 24.4. The lowest BCUT2D eigenvalue weighted by molar-refractivity contribution is 0.132. The van der Waals surface area contributed by atoms with Gasteiger partial charge in [-0.1, -0.05) is 43.7 Å². The van der Waals surface area contributed by atoms with Crippen LogP contribution in [0.4, 0.5) is 10.6 Å². The Hall–Kier alpha value is -5.43. The summed E-state index contributed by atoms with van der Waals surface area (Å²) in [5.41, 5.74) is 4.43. The first kappa shape index (κ1) is 34.4. The van der Waals surface area contributed by atoms with Crippen LogP contribution in [0.25, 0.3) is 5.65 Å². The molecule has 0 saturated carbocycles. The van der Waals surface area contributed by atoms with E-state index in [0.717, 1.165) is 53.9 Å². The summed E-state index contributed by atoms with van der Waals surface area (Å²) in [6, 6.07) is 19.7. The Morgan fingerprint density at radius 3 is 2.10 bits per heavy atom. The van der Waals surface area contributed by atoms with Crippen molar-refractivity contribution in [3.8, 4) is 17.5 Å². The number of hydrogen-bond donors (Lipinski definition) is 2. The summed E-state index contributed by atoms with van der Waals surface area (Å²) in [6.45, 7) is 4.51. The number of nitrogens with zero attached hydrogens (tertiary/aromatic N) is 7. The summed E-state index contributed by atoms with van der Waals surface area (Å²) >= 11 is 0. The average Bonchev–Trinajstić information content (AvgIpc) is 3.59. The van der Waals surface area contributed by atoms with Gasteiger partial charge in [0.25, 0.3) is 0 Å².